The van der Waals surface area contributed by atoms with E-state index in [2.05, 4.69) is 9.97 Å². The highest BCUT2D eigenvalue weighted by Crippen LogP contribution is 2.23. The summed E-state index contributed by atoms with van der Waals surface area (Å²) in [5.41, 5.74) is 1.07. The summed E-state index contributed by atoms with van der Waals surface area (Å²) in [6, 6.07) is 11.6. The lowest BCUT2D eigenvalue weighted by molar-refractivity contribution is 0.394. The van der Waals surface area contributed by atoms with Crippen molar-refractivity contribution in [2.45, 2.75) is 11.8 Å². The van der Waals surface area contributed by atoms with Gasteiger partial charge in [0.25, 0.3) is 0 Å². The van der Waals surface area contributed by atoms with E-state index in [1.165, 1.54) is 0 Å². The fourth-order valence-corrected chi connectivity index (χ4v) is 1.82. The molecule has 88 valence electrons. The molecule has 0 amide bonds. The van der Waals surface area contributed by atoms with Crippen LogP contribution >= 0.6 is 11.6 Å². The van der Waals surface area contributed by atoms with Gasteiger partial charge >= 0.3 is 0 Å². The lowest BCUT2D eigenvalue weighted by Crippen LogP contribution is -2.02. The van der Waals surface area contributed by atoms with Gasteiger partial charge in [0.05, 0.1) is 12.5 Å². The number of hydrogen-bond acceptors (Lipinski definition) is 3. The normalized spacial score (nSPS) is 12.1. The van der Waals surface area contributed by atoms with Gasteiger partial charge in [-0.2, -0.15) is 4.98 Å². The van der Waals surface area contributed by atoms with Crippen LogP contribution < -0.4 is 4.74 Å². The van der Waals surface area contributed by atoms with Gasteiger partial charge in [-0.15, -0.1) is 11.6 Å². The molecular formula is C13H13ClN2O. The second-order valence-electron chi connectivity index (χ2n) is 3.60. The van der Waals surface area contributed by atoms with Crippen LogP contribution in [-0.4, -0.2) is 17.1 Å². The molecule has 17 heavy (non-hydrogen) atoms. The monoisotopic (exact) mass is 248 g/mol. The van der Waals surface area contributed by atoms with Crippen LogP contribution in [0.5, 0.6) is 5.88 Å². The minimum absolute atomic E-state index is 0.122. The summed E-state index contributed by atoms with van der Waals surface area (Å²) in [4.78, 5) is 8.42. The molecular weight excluding hydrogens is 236 g/mol. The van der Waals surface area contributed by atoms with Crippen molar-refractivity contribution >= 4 is 11.6 Å². The van der Waals surface area contributed by atoms with Gasteiger partial charge in [0.15, 0.2) is 0 Å². The van der Waals surface area contributed by atoms with Gasteiger partial charge in [-0.3, -0.25) is 0 Å². The molecule has 3 nitrogen and oxygen atoms in total. The predicted octanol–water partition coefficient (Wildman–Crippen LogP) is 3.01. The number of ether oxygens (including phenoxy) is 1. The number of nitrogens with zero attached hydrogens (tertiary/aromatic N) is 2. The molecule has 0 aliphatic rings. The van der Waals surface area contributed by atoms with Crippen LogP contribution in [0.15, 0.2) is 42.6 Å². The zero-order valence-electron chi connectivity index (χ0n) is 9.51. The molecule has 1 aromatic heterocycles. The minimum Gasteiger partial charge on any atom is -0.481 e. The highest BCUT2D eigenvalue weighted by molar-refractivity contribution is 6.20. The van der Waals surface area contributed by atoms with E-state index >= 15 is 0 Å². The first-order chi connectivity index (χ1) is 8.29. The van der Waals surface area contributed by atoms with Crippen molar-refractivity contribution < 1.29 is 4.74 Å². The number of benzene rings is 1. The van der Waals surface area contributed by atoms with Crippen LogP contribution in [0.2, 0.25) is 0 Å². The van der Waals surface area contributed by atoms with Gasteiger partial charge in [0.2, 0.25) is 5.88 Å². The van der Waals surface area contributed by atoms with Gasteiger partial charge in [0, 0.05) is 18.7 Å². The van der Waals surface area contributed by atoms with Crippen LogP contribution in [0, 0.1) is 0 Å². The number of aromatic nitrogens is 2. The largest absolute Gasteiger partial charge is 0.481 e. The smallest absolute Gasteiger partial charge is 0.216 e. The second kappa shape index (κ2) is 5.64. The molecule has 0 aliphatic carbocycles. The van der Waals surface area contributed by atoms with E-state index in [-0.39, 0.29) is 5.38 Å². The summed E-state index contributed by atoms with van der Waals surface area (Å²) in [7, 11) is 1.58. The van der Waals surface area contributed by atoms with E-state index in [0.29, 0.717) is 18.1 Å². The van der Waals surface area contributed by atoms with E-state index in [1.54, 1.807) is 19.4 Å². The molecule has 0 saturated carbocycles. The molecule has 2 aromatic rings. The first-order valence-corrected chi connectivity index (χ1v) is 5.78. The van der Waals surface area contributed by atoms with Gasteiger partial charge in [-0.25, -0.2) is 4.98 Å². The van der Waals surface area contributed by atoms with Crippen molar-refractivity contribution in [1.82, 2.24) is 9.97 Å². The summed E-state index contributed by atoms with van der Waals surface area (Å²) in [6.07, 6.45) is 2.26. The summed E-state index contributed by atoms with van der Waals surface area (Å²) >= 11 is 6.32. The lowest BCUT2D eigenvalue weighted by atomic mass is 10.1. The van der Waals surface area contributed by atoms with Gasteiger partial charge in [0.1, 0.15) is 5.82 Å². The van der Waals surface area contributed by atoms with Crippen LogP contribution in [0.3, 0.4) is 0 Å². The van der Waals surface area contributed by atoms with E-state index < -0.39 is 0 Å². The third-order valence-electron chi connectivity index (χ3n) is 2.41. The highest BCUT2D eigenvalue weighted by atomic mass is 35.5. The van der Waals surface area contributed by atoms with E-state index in [1.807, 2.05) is 30.3 Å². The lowest BCUT2D eigenvalue weighted by Gasteiger charge is -2.09. The van der Waals surface area contributed by atoms with Gasteiger partial charge in [-0.1, -0.05) is 30.3 Å². The van der Waals surface area contributed by atoms with Crippen molar-refractivity contribution in [3.05, 3.63) is 54.0 Å². The minimum atomic E-state index is -0.122. The SMILES string of the molecule is COc1ccnc(CC(Cl)c2ccccc2)n1. The van der Waals surface area contributed by atoms with Crippen LogP contribution in [0.1, 0.15) is 16.8 Å². The summed E-state index contributed by atoms with van der Waals surface area (Å²) in [5.74, 6) is 1.25. The molecule has 1 heterocycles. The number of rotatable bonds is 4. The molecule has 2 rings (SSSR count). The number of halogens is 1. The fraction of sp³-hybridized carbons (Fsp3) is 0.231. The Morgan fingerprint density at radius 1 is 1.24 bits per heavy atom. The zero-order valence-corrected chi connectivity index (χ0v) is 10.3. The first kappa shape index (κ1) is 11.9. The summed E-state index contributed by atoms with van der Waals surface area (Å²) in [5, 5.41) is -0.122. The highest BCUT2D eigenvalue weighted by Gasteiger charge is 2.10. The molecule has 1 unspecified atom stereocenters. The van der Waals surface area contributed by atoms with Crippen LogP contribution in [0.4, 0.5) is 0 Å². The Bertz CT molecular complexity index is 476. The average Bonchev–Trinajstić information content (AvgIpc) is 2.40. The molecule has 4 heteroatoms. The molecule has 0 spiro atoms. The van der Waals surface area contributed by atoms with Gasteiger partial charge in [-0.05, 0) is 5.56 Å². The maximum Gasteiger partial charge on any atom is 0.216 e. The molecule has 0 fully saturated rings. The van der Waals surface area contributed by atoms with E-state index in [4.69, 9.17) is 16.3 Å². The number of alkyl halides is 1. The quantitative estimate of drug-likeness (QED) is 0.781. The third kappa shape index (κ3) is 3.17. The van der Waals surface area contributed by atoms with Crippen molar-refractivity contribution in [3.63, 3.8) is 0 Å². The van der Waals surface area contributed by atoms with Crippen molar-refractivity contribution in [2.24, 2.45) is 0 Å². The van der Waals surface area contributed by atoms with Crippen LogP contribution in [0.25, 0.3) is 0 Å². The first-order valence-electron chi connectivity index (χ1n) is 5.34. The molecule has 0 bridgehead atoms. The Morgan fingerprint density at radius 2 is 2.00 bits per heavy atom. The zero-order chi connectivity index (χ0) is 12.1. The molecule has 0 radical (unpaired) electrons. The van der Waals surface area contributed by atoms with Crippen molar-refractivity contribution in [3.8, 4) is 5.88 Å². The standard InChI is InChI=1S/C13H13ClN2O/c1-17-13-7-8-15-12(16-13)9-11(14)10-5-3-2-4-6-10/h2-8,11H,9H2,1H3. The average molecular weight is 249 g/mol. The third-order valence-corrected chi connectivity index (χ3v) is 2.82. The molecule has 0 aliphatic heterocycles. The summed E-state index contributed by atoms with van der Waals surface area (Å²) < 4.78 is 5.05. The van der Waals surface area contributed by atoms with Crippen molar-refractivity contribution in [1.29, 1.82) is 0 Å². The molecule has 1 aromatic carbocycles. The Hall–Kier alpha value is -1.61. The summed E-state index contributed by atoms with van der Waals surface area (Å²) in [6.45, 7) is 0. The van der Waals surface area contributed by atoms with Crippen LogP contribution in [-0.2, 0) is 6.42 Å². The predicted molar refractivity (Wildman–Crippen MR) is 67.3 cm³/mol. The molecule has 0 N–H and O–H groups in total. The maximum absolute atomic E-state index is 6.32. The Balaban J connectivity index is 2.10. The van der Waals surface area contributed by atoms with Crippen molar-refractivity contribution in [2.75, 3.05) is 7.11 Å². The van der Waals surface area contributed by atoms with E-state index in [9.17, 15) is 0 Å². The Labute approximate surface area is 105 Å². The molecule has 0 saturated heterocycles. The second-order valence-corrected chi connectivity index (χ2v) is 4.12. The maximum atomic E-state index is 6.32. The van der Waals surface area contributed by atoms with E-state index in [0.717, 1.165) is 5.56 Å². The number of methoxy groups -OCH3 is 1. The van der Waals surface area contributed by atoms with Gasteiger partial charge < -0.3 is 4.74 Å². The topological polar surface area (TPSA) is 35.0 Å². The Morgan fingerprint density at radius 3 is 2.71 bits per heavy atom. The molecule has 1 atom stereocenters. The Kier molecular flexibility index (Phi) is 3.94. The fourth-order valence-electron chi connectivity index (χ4n) is 1.53. The number of hydrogen-bond donors (Lipinski definition) is 0.